The van der Waals surface area contributed by atoms with Crippen molar-refractivity contribution in [3.8, 4) is 0 Å². The molecule has 0 N–H and O–H groups in total. The third-order valence-corrected chi connectivity index (χ3v) is 4.33. The number of Topliss-reactive ketones (excluding diaryl/α,β-unsaturated/α-hetero) is 1. The molecule has 1 amide bonds. The van der Waals surface area contributed by atoms with E-state index in [1.807, 2.05) is 24.8 Å². The quantitative estimate of drug-likeness (QED) is 0.785. The van der Waals surface area contributed by atoms with Crippen LogP contribution in [0.25, 0.3) is 0 Å². The van der Waals surface area contributed by atoms with Crippen LogP contribution in [0, 0.1) is 13.8 Å². The molecule has 1 fully saturated rings. The van der Waals surface area contributed by atoms with E-state index in [0.717, 1.165) is 41.2 Å². The Morgan fingerprint density at radius 1 is 1.22 bits per heavy atom. The van der Waals surface area contributed by atoms with Crippen molar-refractivity contribution in [3.05, 3.63) is 21.4 Å². The first-order valence-electron chi connectivity index (χ1n) is 6.46. The SMILES string of the molecule is Cc1cc(C(=O)CCC(=O)N2CCCC2)c(C)s1. The van der Waals surface area contributed by atoms with Gasteiger partial charge >= 0.3 is 0 Å². The van der Waals surface area contributed by atoms with Gasteiger partial charge in [0.25, 0.3) is 0 Å². The molecule has 0 unspecified atom stereocenters. The Kier molecular flexibility index (Phi) is 4.17. The monoisotopic (exact) mass is 265 g/mol. The summed E-state index contributed by atoms with van der Waals surface area (Å²) in [5.74, 6) is 0.231. The second-order valence-electron chi connectivity index (χ2n) is 4.84. The molecule has 2 heterocycles. The van der Waals surface area contributed by atoms with Gasteiger partial charge in [-0.15, -0.1) is 11.3 Å². The smallest absolute Gasteiger partial charge is 0.223 e. The van der Waals surface area contributed by atoms with Gasteiger partial charge in [0, 0.05) is 41.2 Å². The van der Waals surface area contributed by atoms with Crippen molar-refractivity contribution in [1.29, 1.82) is 0 Å². The van der Waals surface area contributed by atoms with E-state index in [-0.39, 0.29) is 11.7 Å². The lowest BCUT2D eigenvalue weighted by atomic mass is 10.1. The van der Waals surface area contributed by atoms with Crippen LogP contribution >= 0.6 is 11.3 Å². The third-order valence-electron chi connectivity index (χ3n) is 3.37. The Balaban J connectivity index is 1.88. The van der Waals surface area contributed by atoms with Gasteiger partial charge in [0.05, 0.1) is 0 Å². The molecule has 1 saturated heterocycles. The van der Waals surface area contributed by atoms with Crippen LogP contribution in [-0.4, -0.2) is 29.7 Å². The van der Waals surface area contributed by atoms with Gasteiger partial charge in [-0.05, 0) is 32.8 Å². The number of carbonyl (C=O) groups is 2. The van der Waals surface area contributed by atoms with Crippen molar-refractivity contribution in [2.75, 3.05) is 13.1 Å². The molecular weight excluding hydrogens is 246 g/mol. The fourth-order valence-electron chi connectivity index (χ4n) is 2.39. The number of amides is 1. The van der Waals surface area contributed by atoms with E-state index in [9.17, 15) is 9.59 Å². The standard InChI is InChI=1S/C14H19NO2S/c1-10-9-12(11(2)18-10)13(16)5-6-14(17)15-7-3-4-8-15/h9H,3-8H2,1-2H3. The van der Waals surface area contributed by atoms with Crippen molar-refractivity contribution < 1.29 is 9.59 Å². The molecule has 1 aromatic rings. The molecule has 1 aromatic heterocycles. The topological polar surface area (TPSA) is 37.4 Å². The van der Waals surface area contributed by atoms with Crippen LogP contribution in [0.2, 0.25) is 0 Å². The average Bonchev–Trinajstić information content (AvgIpc) is 2.95. The van der Waals surface area contributed by atoms with Crippen molar-refractivity contribution in [2.24, 2.45) is 0 Å². The van der Waals surface area contributed by atoms with Crippen molar-refractivity contribution in [1.82, 2.24) is 4.90 Å². The van der Waals surface area contributed by atoms with Gasteiger partial charge in [-0.1, -0.05) is 0 Å². The van der Waals surface area contributed by atoms with Gasteiger partial charge in [0.2, 0.25) is 5.91 Å². The number of hydrogen-bond donors (Lipinski definition) is 0. The van der Waals surface area contributed by atoms with Crippen LogP contribution in [-0.2, 0) is 4.79 Å². The van der Waals surface area contributed by atoms with E-state index in [1.165, 1.54) is 0 Å². The molecule has 0 aromatic carbocycles. The number of carbonyl (C=O) groups excluding carboxylic acids is 2. The number of ketones is 1. The molecule has 18 heavy (non-hydrogen) atoms. The predicted molar refractivity (Wildman–Crippen MR) is 73.2 cm³/mol. The van der Waals surface area contributed by atoms with Crippen LogP contribution in [0.15, 0.2) is 6.07 Å². The number of aryl methyl sites for hydroxylation is 2. The molecular formula is C14H19NO2S. The summed E-state index contributed by atoms with van der Waals surface area (Å²) in [6.45, 7) is 5.70. The lowest BCUT2D eigenvalue weighted by molar-refractivity contribution is -0.130. The Morgan fingerprint density at radius 2 is 1.89 bits per heavy atom. The molecule has 0 aliphatic carbocycles. The highest BCUT2D eigenvalue weighted by atomic mass is 32.1. The molecule has 4 heteroatoms. The summed E-state index contributed by atoms with van der Waals surface area (Å²) in [5.41, 5.74) is 0.798. The van der Waals surface area contributed by atoms with Crippen molar-refractivity contribution in [3.63, 3.8) is 0 Å². The Hall–Kier alpha value is -1.16. The minimum absolute atomic E-state index is 0.101. The van der Waals surface area contributed by atoms with Gasteiger partial charge in [0.15, 0.2) is 5.78 Å². The molecule has 0 atom stereocenters. The van der Waals surface area contributed by atoms with Gasteiger partial charge in [-0.25, -0.2) is 0 Å². The zero-order chi connectivity index (χ0) is 13.1. The Morgan fingerprint density at radius 3 is 2.44 bits per heavy atom. The number of nitrogens with zero attached hydrogens (tertiary/aromatic N) is 1. The van der Waals surface area contributed by atoms with Crippen LogP contribution in [0.4, 0.5) is 0 Å². The summed E-state index contributed by atoms with van der Waals surface area (Å²) >= 11 is 1.64. The molecule has 0 saturated carbocycles. The normalized spacial score (nSPS) is 15.1. The summed E-state index contributed by atoms with van der Waals surface area (Å²) in [6.07, 6.45) is 2.89. The maximum absolute atomic E-state index is 12.0. The highest BCUT2D eigenvalue weighted by Gasteiger charge is 2.19. The number of likely N-dealkylation sites (tertiary alicyclic amines) is 1. The number of rotatable bonds is 4. The van der Waals surface area contributed by atoms with E-state index in [4.69, 9.17) is 0 Å². The van der Waals surface area contributed by atoms with E-state index in [1.54, 1.807) is 11.3 Å². The second-order valence-corrected chi connectivity index (χ2v) is 6.30. The van der Waals surface area contributed by atoms with Gasteiger partial charge in [-0.2, -0.15) is 0 Å². The van der Waals surface area contributed by atoms with Crippen LogP contribution in [0.1, 0.15) is 45.8 Å². The lowest BCUT2D eigenvalue weighted by Crippen LogP contribution is -2.27. The maximum Gasteiger partial charge on any atom is 0.223 e. The Labute approximate surface area is 112 Å². The summed E-state index contributed by atoms with van der Waals surface area (Å²) in [6, 6.07) is 1.93. The average molecular weight is 265 g/mol. The highest BCUT2D eigenvalue weighted by Crippen LogP contribution is 2.22. The fraction of sp³-hybridized carbons (Fsp3) is 0.571. The zero-order valence-electron chi connectivity index (χ0n) is 11.0. The first-order chi connectivity index (χ1) is 8.58. The molecule has 0 spiro atoms. The molecule has 1 aliphatic heterocycles. The van der Waals surface area contributed by atoms with E-state index in [0.29, 0.717) is 12.8 Å². The molecule has 1 aliphatic rings. The minimum atomic E-state index is 0.101. The molecule has 0 radical (unpaired) electrons. The molecule has 3 nitrogen and oxygen atoms in total. The molecule has 2 rings (SSSR count). The van der Waals surface area contributed by atoms with Gasteiger partial charge < -0.3 is 4.90 Å². The minimum Gasteiger partial charge on any atom is -0.343 e. The van der Waals surface area contributed by atoms with E-state index in [2.05, 4.69) is 0 Å². The number of hydrogen-bond acceptors (Lipinski definition) is 3. The van der Waals surface area contributed by atoms with Gasteiger partial charge in [-0.3, -0.25) is 9.59 Å². The lowest BCUT2D eigenvalue weighted by Gasteiger charge is -2.14. The van der Waals surface area contributed by atoms with Gasteiger partial charge in [0.1, 0.15) is 0 Å². The second kappa shape index (κ2) is 5.65. The summed E-state index contributed by atoms with van der Waals surface area (Å²) in [4.78, 5) is 28.0. The highest BCUT2D eigenvalue weighted by molar-refractivity contribution is 7.12. The van der Waals surface area contributed by atoms with Crippen LogP contribution < -0.4 is 0 Å². The maximum atomic E-state index is 12.0. The fourth-order valence-corrected chi connectivity index (χ4v) is 3.33. The van der Waals surface area contributed by atoms with Crippen LogP contribution in [0.3, 0.4) is 0 Å². The van der Waals surface area contributed by atoms with Crippen molar-refractivity contribution >= 4 is 23.0 Å². The number of thiophene rings is 1. The van der Waals surface area contributed by atoms with Crippen molar-refractivity contribution in [2.45, 2.75) is 39.5 Å². The third kappa shape index (κ3) is 2.99. The predicted octanol–water partition coefficient (Wildman–Crippen LogP) is 2.95. The first-order valence-corrected chi connectivity index (χ1v) is 7.27. The molecule has 0 bridgehead atoms. The summed E-state index contributed by atoms with van der Waals surface area (Å²) < 4.78 is 0. The zero-order valence-corrected chi connectivity index (χ0v) is 11.8. The summed E-state index contributed by atoms with van der Waals surface area (Å²) in [5, 5.41) is 0. The Bertz CT molecular complexity index is 458. The van der Waals surface area contributed by atoms with Crippen LogP contribution in [0.5, 0.6) is 0 Å². The molecule has 98 valence electrons. The summed E-state index contributed by atoms with van der Waals surface area (Å²) in [7, 11) is 0. The largest absolute Gasteiger partial charge is 0.343 e. The first kappa shape index (κ1) is 13.3. The van der Waals surface area contributed by atoms with E-state index >= 15 is 0 Å². The van der Waals surface area contributed by atoms with E-state index < -0.39 is 0 Å².